The largest absolute Gasteiger partial charge is 0.472 e. The first-order valence-electron chi connectivity index (χ1n) is 22.8. The average molecular weight is 817 g/mol. The maximum Gasteiger partial charge on any atom is 0.472 e. The van der Waals surface area contributed by atoms with E-state index < -0.39 is 51.8 Å². The first-order chi connectivity index (χ1) is 27.2. The number of hydrogen-bond acceptors (Lipinski definition) is 9. The SMILES string of the molecule is CCCCCC/C=C\C/C=C\CCCCCCCCCC(=O)OC(COC(=O)CCCCCCCCCCCCCCCCC)COP(=O)(O)OCC(O)CO. The number of allylic oxidation sites excluding steroid dienone is 4. The Morgan fingerprint density at radius 1 is 0.536 bits per heavy atom. The molecule has 56 heavy (non-hydrogen) atoms. The summed E-state index contributed by atoms with van der Waals surface area (Å²) in [5.74, 6) is -0.925. The molecule has 0 rings (SSSR count). The van der Waals surface area contributed by atoms with Crippen LogP contribution < -0.4 is 0 Å². The van der Waals surface area contributed by atoms with E-state index in [1.165, 1.54) is 122 Å². The van der Waals surface area contributed by atoms with Crippen LogP contribution in [0.15, 0.2) is 24.3 Å². The van der Waals surface area contributed by atoms with Gasteiger partial charge >= 0.3 is 19.8 Å². The van der Waals surface area contributed by atoms with Crippen LogP contribution in [0.25, 0.3) is 0 Å². The zero-order valence-corrected chi connectivity index (χ0v) is 36.8. The van der Waals surface area contributed by atoms with Crippen LogP contribution in [-0.4, -0.2) is 65.7 Å². The molecule has 0 aliphatic rings. The summed E-state index contributed by atoms with van der Waals surface area (Å²) in [5.41, 5.74) is 0. The lowest BCUT2D eigenvalue weighted by Gasteiger charge is -2.20. The van der Waals surface area contributed by atoms with Crippen LogP contribution in [-0.2, 0) is 32.7 Å². The summed E-state index contributed by atoms with van der Waals surface area (Å²) in [7, 11) is -4.62. The van der Waals surface area contributed by atoms with Crippen LogP contribution in [0.2, 0.25) is 0 Å². The van der Waals surface area contributed by atoms with Crippen LogP contribution in [0.5, 0.6) is 0 Å². The molecule has 0 radical (unpaired) electrons. The lowest BCUT2D eigenvalue weighted by Crippen LogP contribution is -2.29. The number of esters is 2. The van der Waals surface area contributed by atoms with Crippen molar-refractivity contribution in [2.45, 2.75) is 225 Å². The van der Waals surface area contributed by atoms with Gasteiger partial charge in [-0.1, -0.05) is 179 Å². The summed E-state index contributed by atoms with van der Waals surface area (Å²) in [6.07, 6.45) is 41.3. The zero-order chi connectivity index (χ0) is 41.2. The third kappa shape index (κ3) is 40.6. The highest BCUT2D eigenvalue weighted by Crippen LogP contribution is 2.43. The Balaban J connectivity index is 4.26. The molecule has 3 atom stereocenters. The molecule has 0 aliphatic carbocycles. The predicted octanol–water partition coefficient (Wildman–Crippen LogP) is 12.2. The van der Waals surface area contributed by atoms with E-state index in [9.17, 15) is 24.2 Å². The number of ether oxygens (including phenoxy) is 2. The van der Waals surface area contributed by atoms with E-state index in [-0.39, 0.29) is 19.4 Å². The molecule has 10 nitrogen and oxygen atoms in total. The number of hydrogen-bond donors (Lipinski definition) is 3. The summed E-state index contributed by atoms with van der Waals surface area (Å²) >= 11 is 0. The number of phosphoric ester groups is 1. The second-order valence-corrected chi connectivity index (χ2v) is 16.9. The molecule has 0 bridgehead atoms. The molecule has 0 aromatic heterocycles. The van der Waals surface area contributed by atoms with Crippen LogP contribution >= 0.6 is 7.82 Å². The van der Waals surface area contributed by atoms with E-state index in [1.807, 2.05) is 0 Å². The van der Waals surface area contributed by atoms with Crippen LogP contribution in [0, 0.1) is 0 Å². The van der Waals surface area contributed by atoms with Crippen molar-refractivity contribution in [1.82, 2.24) is 0 Å². The number of phosphoric acid groups is 1. The fourth-order valence-electron chi connectivity index (χ4n) is 6.32. The van der Waals surface area contributed by atoms with Gasteiger partial charge in [0.25, 0.3) is 0 Å². The highest BCUT2D eigenvalue weighted by molar-refractivity contribution is 7.47. The smallest absolute Gasteiger partial charge is 0.462 e. The maximum absolute atomic E-state index is 12.6. The second kappa shape index (κ2) is 41.6. The normalized spacial score (nSPS) is 14.0. The molecular weight excluding hydrogens is 731 g/mol. The van der Waals surface area contributed by atoms with Crippen molar-refractivity contribution in [1.29, 1.82) is 0 Å². The van der Waals surface area contributed by atoms with Crippen LogP contribution in [0.4, 0.5) is 0 Å². The lowest BCUT2D eigenvalue weighted by atomic mass is 10.0. The number of aliphatic hydroxyl groups excluding tert-OH is 2. The Kier molecular flexibility index (Phi) is 40.5. The minimum atomic E-state index is -4.62. The number of unbranched alkanes of at least 4 members (excludes halogenated alkanes) is 25. The average Bonchev–Trinajstić information content (AvgIpc) is 3.19. The fraction of sp³-hybridized carbons (Fsp3) is 0.867. The summed E-state index contributed by atoms with van der Waals surface area (Å²) in [4.78, 5) is 35.0. The second-order valence-electron chi connectivity index (χ2n) is 15.4. The van der Waals surface area contributed by atoms with E-state index in [2.05, 4.69) is 38.2 Å². The molecule has 3 N–H and O–H groups in total. The molecule has 0 aliphatic heterocycles. The fourth-order valence-corrected chi connectivity index (χ4v) is 7.11. The Labute approximate surface area is 342 Å². The Hall–Kier alpha value is -1.55. The van der Waals surface area contributed by atoms with Crippen molar-refractivity contribution in [2.75, 3.05) is 26.4 Å². The molecule has 0 aromatic carbocycles. The number of aliphatic hydroxyl groups is 2. The third-order valence-electron chi connectivity index (χ3n) is 9.86. The molecule has 3 unspecified atom stereocenters. The van der Waals surface area contributed by atoms with Crippen molar-refractivity contribution in [2.24, 2.45) is 0 Å². The van der Waals surface area contributed by atoms with Crippen LogP contribution in [0.3, 0.4) is 0 Å². The topological polar surface area (TPSA) is 149 Å². The Morgan fingerprint density at radius 2 is 0.929 bits per heavy atom. The molecule has 0 spiro atoms. The lowest BCUT2D eigenvalue weighted by molar-refractivity contribution is -0.161. The van der Waals surface area contributed by atoms with Gasteiger partial charge < -0.3 is 24.6 Å². The van der Waals surface area contributed by atoms with Gasteiger partial charge in [0.05, 0.1) is 19.8 Å². The first kappa shape index (κ1) is 54.5. The Bertz CT molecular complexity index is 988. The van der Waals surface area contributed by atoms with Gasteiger partial charge in [0, 0.05) is 12.8 Å². The van der Waals surface area contributed by atoms with Crippen molar-refractivity contribution in [3.05, 3.63) is 24.3 Å². The van der Waals surface area contributed by atoms with Gasteiger partial charge in [-0.2, -0.15) is 0 Å². The quantitative estimate of drug-likeness (QED) is 0.0235. The molecule has 330 valence electrons. The van der Waals surface area contributed by atoms with Gasteiger partial charge in [0.15, 0.2) is 6.10 Å². The molecule has 0 aromatic rings. The maximum atomic E-state index is 12.6. The summed E-state index contributed by atoms with van der Waals surface area (Å²) in [6.45, 7) is 2.38. The van der Waals surface area contributed by atoms with E-state index in [4.69, 9.17) is 23.6 Å². The van der Waals surface area contributed by atoms with Crippen molar-refractivity contribution in [3.63, 3.8) is 0 Å². The zero-order valence-electron chi connectivity index (χ0n) is 35.9. The van der Waals surface area contributed by atoms with Gasteiger partial charge in [-0.05, 0) is 44.9 Å². The van der Waals surface area contributed by atoms with Crippen molar-refractivity contribution < 1.29 is 47.8 Å². The van der Waals surface area contributed by atoms with E-state index in [1.54, 1.807) is 0 Å². The molecule has 0 amide bonds. The molecule has 0 saturated heterocycles. The van der Waals surface area contributed by atoms with E-state index >= 15 is 0 Å². The first-order valence-corrected chi connectivity index (χ1v) is 24.3. The van der Waals surface area contributed by atoms with Crippen molar-refractivity contribution >= 4 is 19.8 Å². The van der Waals surface area contributed by atoms with E-state index in [0.29, 0.717) is 12.8 Å². The third-order valence-corrected chi connectivity index (χ3v) is 10.8. The highest BCUT2D eigenvalue weighted by Gasteiger charge is 2.27. The summed E-state index contributed by atoms with van der Waals surface area (Å²) in [5, 5.41) is 18.3. The minimum absolute atomic E-state index is 0.178. The van der Waals surface area contributed by atoms with Crippen LogP contribution in [0.1, 0.15) is 213 Å². The number of carbonyl (C=O) groups excluding carboxylic acids is 2. The van der Waals surface area contributed by atoms with Gasteiger partial charge in [-0.25, -0.2) is 4.57 Å². The number of carbonyl (C=O) groups is 2. The van der Waals surface area contributed by atoms with Gasteiger partial charge in [0.2, 0.25) is 0 Å². The molecule has 11 heteroatoms. The monoisotopic (exact) mass is 817 g/mol. The summed E-state index contributed by atoms with van der Waals surface area (Å²) in [6, 6.07) is 0. The van der Waals surface area contributed by atoms with E-state index in [0.717, 1.165) is 51.4 Å². The van der Waals surface area contributed by atoms with Gasteiger partial charge in [0.1, 0.15) is 12.7 Å². The predicted molar refractivity (Wildman–Crippen MR) is 228 cm³/mol. The van der Waals surface area contributed by atoms with Crippen molar-refractivity contribution in [3.8, 4) is 0 Å². The minimum Gasteiger partial charge on any atom is -0.462 e. The standard InChI is InChI=1S/C45H85O10P/c1-3-5-7-9-11-13-15-17-19-20-21-23-25-27-29-31-33-35-37-45(49)55-43(41-54-56(50,51)53-39-42(47)38-46)40-52-44(48)36-34-32-30-28-26-24-22-18-16-14-12-10-8-6-4-2/h13,15,19-20,42-43,46-47H,3-12,14,16-18,21-41H2,1-2H3,(H,50,51)/b15-13-,20-19-. The molecule has 0 heterocycles. The summed E-state index contributed by atoms with van der Waals surface area (Å²) < 4.78 is 32.8. The van der Waals surface area contributed by atoms with Gasteiger partial charge in [-0.15, -0.1) is 0 Å². The molecular formula is C45H85O10P. The molecule has 0 saturated carbocycles. The Morgan fingerprint density at radius 3 is 1.39 bits per heavy atom. The van der Waals surface area contributed by atoms with Gasteiger partial charge in [-0.3, -0.25) is 18.6 Å². The number of rotatable bonds is 43. The molecule has 0 fully saturated rings. The highest BCUT2D eigenvalue weighted by atomic mass is 31.2.